The molecule has 1 aromatic heterocycles. The highest BCUT2D eigenvalue weighted by atomic mass is 32.2. The Morgan fingerprint density at radius 3 is 3.07 bits per heavy atom. The fourth-order valence-corrected chi connectivity index (χ4v) is 1.78. The molecule has 5 nitrogen and oxygen atoms in total. The van der Waals surface area contributed by atoms with Gasteiger partial charge in [-0.2, -0.15) is 0 Å². The lowest BCUT2D eigenvalue weighted by Gasteiger charge is -2.02. The van der Waals surface area contributed by atoms with Gasteiger partial charge in [0.1, 0.15) is 0 Å². The predicted octanol–water partition coefficient (Wildman–Crippen LogP) is 0.146. The highest BCUT2D eigenvalue weighted by Gasteiger charge is 1.98. The minimum Gasteiger partial charge on any atom is -0.379 e. The van der Waals surface area contributed by atoms with Crippen LogP contribution in [0.3, 0.4) is 0 Å². The van der Waals surface area contributed by atoms with E-state index in [1.54, 1.807) is 6.92 Å². The number of aryl methyl sites for hydroxylation is 1. The summed E-state index contributed by atoms with van der Waals surface area (Å²) in [4.78, 5) is 17.9. The standard InChI is InChI=1S/C9H15N3O2S/c1-7-6-8(13)12-9(11-7)15-5-4-14-3-2-10/h6H,2-5,10H2,1H3,(H,11,12,13). The molecule has 0 bridgehead atoms. The average molecular weight is 229 g/mol. The van der Waals surface area contributed by atoms with Crippen LogP contribution >= 0.6 is 11.8 Å². The van der Waals surface area contributed by atoms with Gasteiger partial charge in [-0.25, -0.2) is 4.98 Å². The van der Waals surface area contributed by atoms with Crippen LogP contribution in [0.15, 0.2) is 16.0 Å². The van der Waals surface area contributed by atoms with Crippen LogP contribution in [0.5, 0.6) is 0 Å². The SMILES string of the molecule is Cc1cc(=O)[nH]c(SCCOCCN)n1. The number of nitrogens with two attached hydrogens (primary N) is 1. The van der Waals surface area contributed by atoms with Crippen LogP contribution in [0.25, 0.3) is 0 Å². The number of nitrogens with zero attached hydrogens (tertiary/aromatic N) is 1. The summed E-state index contributed by atoms with van der Waals surface area (Å²) in [5.41, 5.74) is 5.88. The van der Waals surface area contributed by atoms with Crippen molar-refractivity contribution in [1.82, 2.24) is 9.97 Å². The van der Waals surface area contributed by atoms with Crippen molar-refractivity contribution in [3.63, 3.8) is 0 Å². The van der Waals surface area contributed by atoms with Gasteiger partial charge in [0.25, 0.3) is 5.56 Å². The molecule has 0 amide bonds. The summed E-state index contributed by atoms with van der Waals surface area (Å²) in [5, 5.41) is 0.636. The lowest BCUT2D eigenvalue weighted by molar-refractivity contribution is 0.158. The normalized spacial score (nSPS) is 10.5. The number of aromatic nitrogens is 2. The summed E-state index contributed by atoms with van der Waals surface area (Å²) in [7, 11) is 0. The number of H-pyrrole nitrogens is 1. The summed E-state index contributed by atoms with van der Waals surface area (Å²) in [6.45, 7) is 3.51. The molecule has 0 atom stereocenters. The number of ether oxygens (including phenoxy) is 1. The van der Waals surface area contributed by atoms with Gasteiger partial charge in [-0.05, 0) is 6.92 Å². The average Bonchev–Trinajstić information content (AvgIpc) is 2.16. The minimum absolute atomic E-state index is 0.118. The third-order valence-corrected chi connectivity index (χ3v) is 2.41. The van der Waals surface area contributed by atoms with Crippen LogP contribution in [0.1, 0.15) is 5.69 Å². The Kier molecular flexibility index (Phi) is 5.38. The Balaban J connectivity index is 2.34. The Morgan fingerprint density at radius 2 is 2.40 bits per heavy atom. The van der Waals surface area contributed by atoms with Crippen molar-refractivity contribution in [2.45, 2.75) is 12.1 Å². The van der Waals surface area contributed by atoms with Gasteiger partial charge in [-0.3, -0.25) is 4.79 Å². The molecule has 0 unspecified atom stereocenters. The molecule has 6 heteroatoms. The maximum absolute atomic E-state index is 11.1. The van der Waals surface area contributed by atoms with Crippen molar-refractivity contribution in [3.8, 4) is 0 Å². The van der Waals surface area contributed by atoms with Crippen molar-refractivity contribution >= 4 is 11.8 Å². The van der Waals surface area contributed by atoms with Gasteiger partial charge >= 0.3 is 0 Å². The number of rotatable bonds is 6. The summed E-state index contributed by atoms with van der Waals surface area (Å²) in [5.74, 6) is 0.756. The Hall–Kier alpha value is -0.850. The molecule has 0 saturated carbocycles. The first-order chi connectivity index (χ1) is 7.22. The van der Waals surface area contributed by atoms with Gasteiger partial charge in [-0.1, -0.05) is 11.8 Å². The molecule has 0 radical (unpaired) electrons. The largest absolute Gasteiger partial charge is 0.379 e. The summed E-state index contributed by atoms with van der Waals surface area (Å²) in [6.07, 6.45) is 0. The lowest BCUT2D eigenvalue weighted by Crippen LogP contribution is -2.11. The molecule has 0 aliphatic rings. The first kappa shape index (κ1) is 12.2. The molecule has 0 spiro atoms. The van der Waals surface area contributed by atoms with Crippen molar-refractivity contribution < 1.29 is 4.74 Å². The monoisotopic (exact) mass is 229 g/mol. The lowest BCUT2D eigenvalue weighted by atomic mass is 10.5. The smallest absolute Gasteiger partial charge is 0.251 e. The van der Waals surface area contributed by atoms with E-state index in [0.717, 1.165) is 11.4 Å². The van der Waals surface area contributed by atoms with E-state index in [-0.39, 0.29) is 5.56 Å². The molecular formula is C9H15N3O2S. The maximum Gasteiger partial charge on any atom is 0.251 e. The second kappa shape index (κ2) is 6.60. The van der Waals surface area contributed by atoms with E-state index in [0.29, 0.717) is 24.9 Å². The minimum atomic E-state index is -0.118. The van der Waals surface area contributed by atoms with Crippen molar-refractivity contribution in [1.29, 1.82) is 0 Å². The van der Waals surface area contributed by atoms with Gasteiger partial charge in [0.2, 0.25) is 0 Å². The Labute approximate surface area is 92.4 Å². The van der Waals surface area contributed by atoms with Crippen LogP contribution in [-0.2, 0) is 4.74 Å². The molecule has 1 heterocycles. The zero-order valence-electron chi connectivity index (χ0n) is 8.66. The first-order valence-electron chi connectivity index (χ1n) is 4.71. The summed E-state index contributed by atoms with van der Waals surface area (Å²) in [6, 6.07) is 1.47. The zero-order valence-corrected chi connectivity index (χ0v) is 9.47. The molecule has 0 fully saturated rings. The van der Waals surface area contributed by atoms with Gasteiger partial charge in [-0.15, -0.1) is 0 Å². The predicted molar refractivity (Wildman–Crippen MR) is 60.2 cm³/mol. The highest BCUT2D eigenvalue weighted by molar-refractivity contribution is 7.99. The van der Waals surface area contributed by atoms with E-state index in [9.17, 15) is 4.79 Å². The van der Waals surface area contributed by atoms with Gasteiger partial charge in [0.05, 0.1) is 13.2 Å². The fourth-order valence-electron chi connectivity index (χ4n) is 1.00. The highest BCUT2D eigenvalue weighted by Crippen LogP contribution is 2.10. The maximum atomic E-state index is 11.1. The van der Waals surface area contributed by atoms with Crippen molar-refractivity contribution in [2.24, 2.45) is 5.73 Å². The summed E-state index contributed by atoms with van der Waals surface area (Å²) >= 11 is 1.47. The molecule has 15 heavy (non-hydrogen) atoms. The molecule has 3 N–H and O–H groups in total. The topological polar surface area (TPSA) is 81.0 Å². The summed E-state index contributed by atoms with van der Waals surface area (Å²) < 4.78 is 5.20. The number of nitrogens with one attached hydrogen (secondary N) is 1. The van der Waals surface area contributed by atoms with Gasteiger partial charge < -0.3 is 15.5 Å². The van der Waals surface area contributed by atoms with Crippen LogP contribution in [0, 0.1) is 6.92 Å². The van der Waals surface area contributed by atoms with E-state index in [2.05, 4.69) is 9.97 Å². The van der Waals surface area contributed by atoms with Crippen LogP contribution in [0.2, 0.25) is 0 Å². The number of thioether (sulfide) groups is 1. The van der Waals surface area contributed by atoms with Crippen LogP contribution in [-0.4, -0.2) is 35.5 Å². The molecule has 0 saturated heterocycles. The van der Waals surface area contributed by atoms with E-state index >= 15 is 0 Å². The number of hydrogen-bond donors (Lipinski definition) is 2. The van der Waals surface area contributed by atoms with Gasteiger partial charge in [0, 0.05) is 24.1 Å². The van der Waals surface area contributed by atoms with E-state index in [1.807, 2.05) is 0 Å². The molecule has 1 rings (SSSR count). The molecule has 1 aromatic rings. The number of aromatic amines is 1. The molecule has 0 aromatic carbocycles. The Morgan fingerprint density at radius 1 is 1.60 bits per heavy atom. The molecule has 0 aliphatic carbocycles. The first-order valence-corrected chi connectivity index (χ1v) is 5.69. The third-order valence-electron chi connectivity index (χ3n) is 1.58. The van der Waals surface area contributed by atoms with Gasteiger partial charge in [0.15, 0.2) is 5.16 Å². The zero-order chi connectivity index (χ0) is 11.1. The second-order valence-electron chi connectivity index (χ2n) is 2.94. The number of hydrogen-bond acceptors (Lipinski definition) is 5. The van der Waals surface area contributed by atoms with E-state index < -0.39 is 0 Å². The van der Waals surface area contributed by atoms with E-state index in [1.165, 1.54) is 17.8 Å². The van der Waals surface area contributed by atoms with Crippen LogP contribution in [0.4, 0.5) is 0 Å². The molecule has 84 valence electrons. The molecular weight excluding hydrogens is 214 g/mol. The quantitative estimate of drug-likeness (QED) is 0.412. The Bertz CT molecular complexity index is 353. The second-order valence-corrected chi connectivity index (χ2v) is 4.03. The van der Waals surface area contributed by atoms with Crippen molar-refractivity contribution in [3.05, 3.63) is 22.1 Å². The third kappa shape index (κ3) is 4.96. The fraction of sp³-hybridized carbons (Fsp3) is 0.556. The van der Waals surface area contributed by atoms with E-state index in [4.69, 9.17) is 10.5 Å². The van der Waals surface area contributed by atoms with Crippen molar-refractivity contribution in [2.75, 3.05) is 25.5 Å². The van der Waals surface area contributed by atoms with Crippen LogP contribution < -0.4 is 11.3 Å². The molecule has 0 aliphatic heterocycles.